The van der Waals surface area contributed by atoms with Crippen molar-refractivity contribution >= 4 is 13.9 Å². The molecule has 2 N–H and O–H groups in total. The molecule has 0 aromatic carbocycles. The second-order valence-corrected chi connectivity index (χ2v) is 2.74. The molecule has 1 fully saturated rings. The maximum absolute atomic E-state index is 10.6. The fourth-order valence-corrected chi connectivity index (χ4v) is 1.24. The van der Waals surface area contributed by atoms with Crippen LogP contribution in [-0.4, -0.2) is 31.8 Å². The number of hydrogen-bond donors (Lipinski definition) is 1. The van der Waals surface area contributed by atoms with E-state index in [2.05, 4.69) is 0 Å². The van der Waals surface area contributed by atoms with Gasteiger partial charge in [0.15, 0.2) is 7.98 Å². The van der Waals surface area contributed by atoms with Crippen molar-refractivity contribution in [3.63, 3.8) is 0 Å². The smallest absolute Gasteiger partial charge is 0.221 e. The van der Waals surface area contributed by atoms with Crippen LogP contribution in [0.5, 0.6) is 0 Å². The third-order valence-corrected chi connectivity index (χ3v) is 1.86. The minimum Gasteiger partial charge on any atom is -0.369 e. The van der Waals surface area contributed by atoms with E-state index in [1.54, 1.807) is 4.81 Å². The minimum atomic E-state index is -0.227. The summed E-state index contributed by atoms with van der Waals surface area (Å²) in [4.78, 5) is 12.3. The molecule has 1 rings (SSSR count). The second-order valence-electron chi connectivity index (χ2n) is 2.74. The van der Waals surface area contributed by atoms with E-state index in [1.807, 2.05) is 0 Å². The van der Waals surface area contributed by atoms with Crippen molar-refractivity contribution in [3.05, 3.63) is 0 Å². The van der Waals surface area contributed by atoms with Gasteiger partial charge in [-0.15, -0.1) is 0 Å². The molecule has 0 bridgehead atoms. The van der Waals surface area contributed by atoms with Crippen LogP contribution in [0.25, 0.3) is 0 Å². The molecule has 0 saturated carbocycles. The van der Waals surface area contributed by atoms with Crippen LogP contribution in [0.1, 0.15) is 12.8 Å². The largest absolute Gasteiger partial charge is 0.369 e. The van der Waals surface area contributed by atoms with E-state index >= 15 is 0 Å². The Morgan fingerprint density at radius 3 is 2.80 bits per heavy atom. The first kappa shape index (κ1) is 7.60. The standard InChI is InChI=1S/C6H11BN2O/c7-9-3-1-2-5(4-9)6(8)10/h5H,1-4H2,(H2,8,10). The molecular weight excluding hydrogens is 127 g/mol. The third kappa shape index (κ3) is 1.74. The highest BCUT2D eigenvalue weighted by molar-refractivity contribution is 6.04. The van der Waals surface area contributed by atoms with Gasteiger partial charge in [0.1, 0.15) is 0 Å². The van der Waals surface area contributed by atoms with E-state index in [0.29, 0.717) is 6.54 Å². The van der Waals surface area contributed by atoms with E-state index in [9.17, 15) is 4.79 Å². The summed E-state index contributed by atoms with van der Waals surface area (Å²) in [6, 6.07) is 0. The summed E-state index contributed by atoms with van der Waals surface area (Å²) in [6.45, 7) is 1.50. The number of nitrogens with zero attached hydrogens (tertiary/aromatic N) is 1. The van der Waals surface area contributed by atoms with Gasteiger partial charge in [-0.2, -0.15) is 0 Å². The summed E-state index contributed by atoms with van der Waals surface area (Å²) in [5.74, 6) is -0.256. The quantitative estimate of drug-likeness (QED) is 0.485. The van der Waals surface area contributed by atoms with Crippen LogP contribution in [0.15, 0.2) is 0 Å². The molecule has 0 aromatic rings. The van der Waals surface area contributed by atoms with E-state index in [1.165, 1.54) is 0 Å². The molecule has 1 unspecified atom stereocenters. The van der Waals surface area contributed by atoms with Crippen LogP contribution in [0.2, 0.25) is 0 Å². The Morgan fingerprint density at radius 2 is 2.40 bits per heavy atom. The number of carbonyl (C=O) groups is 1. The number of amides is 1. The lowest BCUT2D eigenvalue weighted by molar-refractivity contribution is -0.122. The predicted molar refractivity (Wildman–Crippen MR) is 39.2 cm³/mol. The van der Waals surface area contributed by atoms with Crippen molar-refractivity contribution in [2.75, 3.05) is 13.1 Å². The van der Waals surface area contributed by atoms with Gasteiger partial charge in [-0.3, -0.25) is 4.79 Å². The Morgan fingerprint density at radius 1 is 1.70 bits per heavy atom. The second kappa shape index (κ2) is 3.06. The summed E-state index contributed by atoms with van der Waals surface area (Å²) in [6.07, 6.45) is 1.87. The van der Waals surface area contributed by atoms with Gasteiger partial charge in [-0.05, 0) is 25.9 Å². The fourth-order valence-electron chi connectivity index (χ4n) is 1.24. The lowest BCUT2D eigenvalue weighted by atomic mass is 9.95. The van der Waals surface area contributed by atoms with E-state index in [0.717, 1.165) is 19.4 Å². The van der Waals surface area contributed by atoms with Crippen molar-refractivity contribution in [2.24, 2.45) is 11.7 Å². The number of carbonyl (C=O) groups excluding carboxylic acids is 1. The van der Waals surface area contributed by atoms with Crippen LogP contribution in [-0.2, 0) is 4.79 Å². The Kier molecular flexibility index (Phi) is 2.32. The molecule has 1 aliphatic rings. The molecule has 54 valence electrons. The molecule has 1 atom stereocenters. The predicted octanol–water partition coefficient (Wildman–Crippen LogP) is -0.733. The number of piperidine rings is 1. The first-order valence-electron chi connectivity index (χ1n) is 3.49. The number of primary amides is 1. The summed E-state index contributed by atoms with van der Waals surface area (Å²) < 4.78 is 0. The number of rotatable bonds is 1. The monoisotopic (exact) mass is 138 g/mol. The highest BCUT2D eigenvalue weighted by Crippen LogP contribution is 2.13. The maximum Gasteiger partial charge on any atom is 0.221 e. The number of hydrogen-bond acceptors (Lipinski definition) is 2. The molecular formula is C6H11BN2O. The number of nitrogens with two attached hydrogens (primary N) is 1. The fraction of sp³-hybridized carbons (Fsp3) is 0.833. The summed E-state index contributed by atoms with van der Waals surface area (Å²) in [5, 5.41) is 0. The molecule has 10 heavy (non-hydrogen) atoms. The van der Waals surface area contributed by atoms with Crippen LogP contribution in [0.4, 0.5) is 0 Å². The summed E-state index contributed by atoms with van der Waals surface area (Å²) >= 11 is 0. The van der Waals surface area contributed by atoms with Crippen molar-refractivity contribution in [2.45, 2.75) is 12.8 Å². The molecule has 0 spiro atoms. The molecule has 4 heteroatoms. The van der Waals surface area contributed by atoms with Gasteiger partial charge in [0.25, 0.3) is 0 Å². The van der Waals surface area contributed by atoms with Crippen molar-refractivity contribution in [1.29, 1.82) is 0 Å². The summed E-state index contributed by atoms with van der Waals surface area (Å²) in [7, 11) is 5.49. The Bertz CT molecular complexity index is 140. The Hall–Kier alpha value is -0.505. The minimum absolute atomic E-state index is 0.0289. The van der Waals surface area contributed by atoms with Gasteiger partial charge in [0.05, 0.1) is 0 Å². The zero-order chi connectivity index (χ0) is 7.56. The molecule has 2 radical (unpaired) electrons. The average molecular weight is 138 g/mol. The molecule has 0 aromatic heterocycles. The summed E-state index contributed by atoms with van der Waals surface area (Å²) in [5.41, 5.74) is 5.11. The highest BCUT2D eigenvalue weighted by Gasteiger charge is 2.20. The highest BCUT2D eigenvalue weighted by atomic mass is 16.1. The van der Waals surface area contributed by atoms with E-state index in [-0.39, 0.29) is 11.8 Å². The van der Waals surface area contributed by atoms with Crippen molar-refractivity contribution in [1.82, 2.24) is 4.81 Å². The van der Waals surface area contributed by atoms with Gasteiger partial charge in [0, 0.05) is 5.92 Å². The van der Waals surface area contributed by atoms with Gasteiger partial charge < -0.3 is 10.5 Å². The molecule has 1 aliphatic heterocycles. The van der Waals surface area contributed by atoms with Crippen molar-refractivity contribution < 1.29 is 4.79 Å². The van der Waals surface area contributed by atoms with Crippen LogP contribution < -0.4 is 5.73 Å². The average Bonchev–Trinajstić information content (AvgIpc) is 1.88. The van der Waals surface area contributed by atoms with Crippen LogP contribution in [0.3, 0.4) is 0 Å². The molecule has 0 aliphatic carbocycles. The van der Waals surface area contributed by atoms with Gasteiger partial charge >= 0.3 is 0 Å². The lowest BCUT2D eigenvalue weighted by Crippen LogP contribution is -2.39. The molecule has 1 heterocycles. The zero-order valence-electron chi connectivity index (χ0n) is 5.92. The van der Waals surface area contributed by atoms with E-state index in [4.69, 9.17) is 13.7 Å². The zero-order valence-corrected chi connectivity index (χ0v) is 5.92. The topological polar surface area (TPSA) is 46.3 Å². The first-order chi connectivity index (χ1) is 4.70. The van der Waals surface area contributed by atoms with Crippen LogP contribution >= 0.6 is 0 Å². The lowest BCUT2D eigenvalue weighted by Gasteiger charge is -2.27. The van der Waals surface area contributed by atoms with Gasteiger partial charge in [-0.1, -0.05) is 0 Å². The SMILES string of the molecule is [B]N1CCCC(C(N)=O)C1. The normalized spacial score (nSPS) is 28.2. The van der Waals surface area contributed by atoms with Crippen molar-refractivity contribution in [3.8, 4) is 0 Å². The van der Waals surface area contributed by atoms with Gasteiger partial charge in [0.2, 0.25) is 5.91 Å². The molecule has 3 nitrogen and oxygen atoms in total. The first-order valence-corrected chi connectivity index (χ1v) is 3.49. The van der Waals surface area contributed by atoms with Crippen LogP contribution in [0, 0.1) is 5.92 Å². The Balaban J connectivity index is 2.39. The molecule has 1 amide bonds. The Labute approximate surface area is 62.0 Å². The molecule has 1 saturated heterocycles. The van der Waals surface area contributed by atoms with Gasteiger partial charge in [-0.25, -0.2) is 0 Å². The maximum atomic E-state index is 10.6. The van der Waals surface area contributed by atoms with E-state index < -0.39 is 0 Å². The third-order valence-electron chi connectivity index (χ3n) is 1.86.